The van der Waals surface area contributed by atoms with E-state index >= 15 is 0 Å². The summed E-state index contributed by atoms with van der Waals surface area (Å²) in [6.07, 6.45) is 10.5. The molecule has 4 atom stereocenters. The second kappa shape index (κ2) is 21.7. The third kappa shape index (κ3) is 10.2. The van der Waals surface area contributed by atoms with E-state index in [1.807, 2.05) is 36.7 Å². The third-order valence-electron chi connectivity index (χ3n) is 18.7. The number of hydrogen-bond acceptors (Lipinski definition) is 18. The van der Waals surface area contributed by atoms with E-state index in [0.717, 1.165) is 113 Å². The lowest BCUT2D eigenvalue weighted by molar-refractivity contribution is -0.384. The molecule has 7 aliphatic heterocycles. The van der Waals surface area contributed by atoms with Gasteiger partial charge in [-0.15, -0.1) is 0 Å². The van der Waals surface area contributed by atoms with Crippen molar-refractivity contribution in [3.8, 4) is 17.4 Å². The van der Waals surface area contributed by atoms with E-state index < -0.39 is 37.5 Å². The number of H-pyrrole nitrogens is 1. The number of ether oxygens (including phenoxy) is 6. The van der Waals surface area contributed by atoms with Crippen LogP contribution in [-0.2, 0) is 37.3 Å². The molecule has 10 heterocycles. The van der Waals surface area contributed by atoms with Crippen molar-refractivity contribution in [2.24, 2.45) is 11.3 Å². The Bertz CT molecular complexity index is 3580. The van der Waals surface area contributed by atoms with Gasteiger partial charge in [-0.05, 0) is 130 Å². The summed E-state index contributed by atoms with van der Waals surface area (Å²) in [5.74, 6) is 1.56. The summed E-state index contributed by atoms with van der Waals surface area (Å²) in [5, 5.41) is 16.7. The number of nitrogens with one attached hydrogen (secondary N) is 3. The normalized spacial score (nSPS) is 23.7. The number of para-hydroxylation sites is 1. The number of nitro groups is 1. The fourth-order valence-electron chi connectivity index (χ4n) is 14.3. The first-order valence-electron chi connectivity index (χ1n) is 29.4. The van der Waals surface area contributed by atoms with Gasteiger partial charge >= 0.3 is 0 Å². The largest absolute Gasteiger partial charge is 0.491 e. The van der Waals surface area contributed by atoms with Gasteiger partial charge in [0.1, 0.15) is 35.6 Å². The molecule has 0 radical (unpaired) electrons. The average molecular weight is 1150 g/mol. The Hall–Kier alpha value is -7.24. The predicted molar refractivity (Wildman–Crippen MR) is 311 cm³/mol. The standard InChI is InChI=1S/C61H70N10O11S/c1-37(2)81-53-6-4-3-5-45(53)52-33-68(56-26-41-34-78-23-12-40(41)32-63-56)19-20-69(52)43-30-61(31-43)14-17-67(18-15-61)42-7-8-46(49(27-42)70-48-13-24-79-36-55(48)82-60-51(70)25-39-9-16-62-58(39)65-60)59(72)66-83(75,76)44-28-50(71(73)74)57-54(29-44)80-35-47(64-57)38-10-21-77-22-11-38/h3-9,16,25-29,32,37-38,43,47-48,52,55,64H,10-15,17-24,30-31,33-36H2,1-2H3,(H,62,65)(H,66,72)/t47-,48-,52-,55-/m0/s1. The zero-order valence-corrected chi connectivity index (χ0v) is 47.6. The van der Waals surface area contributed by atoms with E-state index in [9.17, 15) is 23.3 Å². The molecule has 1 spiro atoms. The molecule has 1 aliphatic carbocycles. The van der Waals surface area contributed by atoms with Crippen LogP contribution in [0.2, 0.25) is 0 Å². The number of rotatable bonds is 12. The highest BCUT2D eigenvalue weighted by atomic mass is 32.2. The zero-order chi connectivity index (χ0) is 56.6. The van der Waals surface area contributed by atoms with E-state index in [1.54, 1.807) is 6.07 Å². The van der Waals surface area contributed by atoms with Crippen molar-refractivity contribution >= 4 is 61.2 Å². The predicted octanol–water partition coefficient (Wildman–Crippen LogP) is 8.44. The number of amides is 1. The lowest BCUT2D eigenvalue weighted by Gasteiger charge is -2.58. The molecule has 1 amide bonds. The Labute approximate surface area is 482 Å². The molecule has 3 N–H and O–H groups in total. The van der Waals surface area contributed by atoms with Crippen molar-refractivity contribution in [1.82, 2.24) is 24.6 Å². The lowest BCUT2D eigenvalue weighted by Crippen LogP contribution is -2.60. The summed E-state index contributed by atoms with van der Waals surface area (Å²) in [7, 11) is -4.72. The van der Waals surface area contributed by atoms with Crippen molar-refractivity contribution in [2.45, 2.75) is 113 Å². The van der Waals surface area contributed by atoms with Crippen LogP contribution in [0.15, 0.2) is 90.1 Å². The number of nitro benzene ring substituents is 1. The Morgan fingerprint density at radius 2 is 1.72 bits per heavy atom. The monoisotopic (exact) mass is 1150 g/mol. The molecule has 83 heavy (non-hydrogen) atoms. The minimum Gasteiger partial charge on any atom is -0.491 e. The summed E-state index contributed by atoms with van der Waals surface area (Å²) in [5.41, 5.74) is 6.23. The Morgan fingerprint density at radius 1 is 0.892 bits per heavy atom. The quantitative estimate of drug-likeness (QED) is 0.0771. The topological polar surface area (TPSA) is 228 Å². The molecule has 3 aromatic carbocycles. The zero-order valence-electron chi connectivity index (χ0n) is 46.8. The maximum Gasteiger partial charge on any atom is 0.297 e. The highest BCUT2D eigenvalue weighted by Crippen LogP contribution is 2.54. The lowest BCUT2D eigenvalue weighted by atomic mass is 9.59. The van der Waals surface area contributed by atoms with Gasteiger partial charge in [-0.3, -0.25) is 19.8 Å². The van der Waals surface area contributed by atoms with Crippen LogP contribution in [0.3, 0.4) is 0 Å². The van der Waals surface area contributed by atoms with E-state index in [1.165, 1.54) is 22.8 Å². The Balaban J connectivity index is 0.739. The van der Waals surface area contributed by atoms with Gasteiger partial charge in [-0.1, -0.05) is 18.2 Å². The Kier molecular flexibility index (Phi) is 14.1. The molecule has 436 valence electrons. The van der Waals surface area contributed by atoms with Crippen molar-refractivity contribution < 1.29 is 46.6 Å². The van der Waals surface area contributed by atoms with E-state index in [4.69, 9.17) is 38.4 Å². The van der Waals surface area contributed by atoms with Gasteiger partial charge in [0.05, 0.1) is 65.1 Å². The molecule has 0 unspecified atom stereocenters. The van der Waals surface area contributed by atoms with Crippen LogP contribution in [0.4, 0.5) is 34.3 Å². The van der Waals surface area contributed by atoms with Gasteiger partial charge in [0, 0.05) is 99.7 Å². The molecule has 14 rings (SSSR count). The number of piperazine rings is 1. The first-order chi connectivity index (χ1) is 40.3. The minimum absolute atomic E-state index is 0.0239. The third-order valence-corrected chi connectivity index (χ3v) is 20.0. The fraction of sp³-hybridized carbons (Fsp3) is 0.492. The highest BCUT2D eigenvalue weighted by molar-refractivity contribution is 7.90. The second-order valence-corrected chi connectivity index (χ2v) is 25.7. The van der Waals surface area contributed by atoms with Crippen LogP contribution in [0.5, 0.6) is 17.4 Å². The summed E-state index contributed by atoms with van der Waals surface area (Å²) < 4.78 is 67.7. The molecular weight excluding hydrogens is 1080 g/mol. The van der Waals surface area contributed by atoms with Crippen LogP contribution in [0.25, 0.3) is 11.0 Å². The van der Waals surface area contributed by atoms with Gasteiger partial charge in [-0.2, -0.15) is 4.98 Å². The van der Waals surface area contributed by atoms with Crippen molar-refractivity contribution in [1.29, 1.82) is 0 Å². The molecular formula is C61H70N10O11S. The summed E-state index contributed by atoms with van der Waals surface area (Å²) in [6.45, 7) is 11.7. The maximum absolute atomic E-state index is 15.0. The molecule has 21 nitrogen and oxygen atoms in total. The number of anilines is 5. The van der Waals surface area contributed by atoms with Crippen molar-refractivity contribution in [2.75, 3.05) is 92.4 Å². The average Bonchev–Trinajstić information content (AvgIpc) is 3.80. The molecule has 22 heteroatoms. The van der Waals surface area contributed by atoms with Crippen LogP contribution in [0, 0.1) is 21.4 Å². The minimum atomic E-state index is -4.72. The first-order valence-corrected chi connectivity index (χ1v) is 30.9. The summed E-state index contributed by atoms with van der Waals surface area (Å²) in [6, 6.07) is 22.4. The number of aromatic nitrogens is 3. The molecule has 5 fully saturated rings. The summed E-state index contributed by atoms with van der Waals surface area (Å²) >= 11 is 0. The number of carbonyl (C=O) groups is 1. The molecule has 4 saturated heterocycles. The number of fused-ring (bicyclic) bond motifs is 5. The summed E-state index contributed by atoms with van der Waals surface area (Å²) in [4.78, 5) is 49.1. The van der Waals surface area contributed by atoms with Gasteiger partial charge in [0.15, 0.2) is 11.4 Å². The van der Waals surface area contributed by atoms with Crippen LogP contribution in [-0.4, -0.2) is 142 Å². The number of carbonyl (C=O) groups excluding carboxylic acids is 1. The van der Waals surface area contributed by atoms with Gasteiger partial charge in [0.25, 0.3) is 21.6 Å². The SMILES string of the molecule is CC(C)Oc1ccccc1[C@@H]1CN(c2cc3c(cn2)CCOC3)CCN1C1CC2(CCN(c3ccc(C(=O)NS(=O)(=O)c4cc5c(c([N+](=O)[O-])c4)N[C@H](C4CCOCC4)CO5)c(N4c5cc6cc[nH]c6nc5O[C@H]5COCC[C@@H]54)c3)CC2)C1. The number of piperidine rings is 1. The number of aromatic amines is 1. The van der Waals surface area contributed by atoms with E-state index in [2.05, 4.69) is 78.8 Å². The van der Waals surface area contributed by atoms with Crippen molar-refractivity contribution in [3.63, 3.8) is 0 Å². The number of pyridine rings is 2. The van der Waals surface area contributed by atoms with Crippen LogP contribution >= 0.6 is 0 Å². The molecule has 1 saturated carbocycles. The van der Waals surface area contributed by atoms with E-state index in [-0.39, 0.29) is 65.8 Å². The van der Waals surface area contributed by atoms with Gasteiger partial charge < -0.3 is 53.4 Å². The first kappa shape index (κ1) is 53.7. The number of nitrogens with zero attached hydrogens (tertiary/aromatic N) is 7. The number of benzene rings is 3. The van der Waals surface area contributed by atoms with Gasteiger partial charge in [0.2, 0.25) is 5.88 Å². The molecule has 6 aromatic rings. The van der Waals surface area contributed by atoms with E-state index in [0.29, 0.717) is 61.8 Å². The number of sulfonamides is 1. The maximum atomic E-state index is 15.0. The number of hydrogen-bond donors (Lipinski definition) is 3. The van der Waals surface area contributed by atoms with Crippen molar-refractivity contribution in [3.05, 3.63) is 118 Å². The Morgan fingerprint density at radius 3 is 2.55 bits per heavy atom. The second-order valence-electron chi connectivity index (χ2n) is 24.0. The van der Waals surface area contributed by atoms with Crippen LogP contribution < -0.4 is 38.9 Å². The molecule has 8 aliphatic rings. The van der Waals surface area contributed by atoms with Crippen LogP contribution in [0.1, 0.15) is 91.9 Å². The molecule has 3 aromatic heterocycles. The highest BCUT2D eigenvalue weighted by Gasteiger charge is 2.51. The van der Waals surface area contributed by atoms with Gasteiger partial charge in [-0.25, -0.2) is 18.1 Å². The fourth-order valence-corrected chi connectivity index (χ4v) is 15.3. The smallest absolute Gasteiger partial charge is 0.297 e. The molecule has 0 bridgehead atoms.